The van der Waals surface area contributed by atoms with Crippen LogP contribution in [0.2, 0.25) is 0 Å². The highest BCUT2D eigenvalue weighted by atomic mass is 19.3. The lowest BCUT2D eigenvalue weighted by atomic mass is 9.98. The molecule has 176 valence electrons. The van der Waals surface area contributed by atoms with Crippen molar-refractivity contribution in [3.63, 3.8) is 0 Å². The maximum atomic E-state index is 14.2. The van der Waals surface area contributed by atoms with E-state index in [1.165, 1.54) is 7.05 Å². The number of carboxylic acid groups (broad SMARTS) is 1. The number of aryl methyl sites for hydroxylation is 1. The summed E-state index contributed by atoms with van der Waals surface area (Å²) >= 11 is 0. The summed E-state index contributed by atoms with van der Waals surface area (Å²) in [7, 11) is 1.29. The summed E-state index contributed by atoms with van der Waals surface area (Å²) in [5.74, 6) is -7.67. The van der Waals surface area contributed by atoms with Gasteiger partial charge in [-0.1, -0.05) is 48.5 Å². The monoisotopic (exact) mass is 470 g/mol. The van der Waals surface area contributed by atoms with Crippen LogP contribution in [0.25, 0.3) is 11.1 Å². The van der Waals surface area contributed by atoms with E-state index in [4.69, 9.17) is 9.84 Å². The number of carbonyl (C=O) groups excluding carboxylic acids is 2. The minimum Gasteiger partial charge on any atom is -0.477 e. The Morgan fingerprint density at radius 3 is 2.24 bits per heavy atom. The topological polar surface area (TPSA) is 123 Å². The first-order chi connectivity index (χ1) is 16.2. The van der Waals surface area contributed by atoms with Crippen LogP contribution in [0.1, 0.15) is 27.5 Å². The first-order valence-corrected chi connectivity index (χ1v) is 10.2. The third-order valence-corrected chi connectivity index (χ3v) is 5.47. The van der Waals surface area contributed by atoms with Gasteiger partial charge in [-0.3, -0.25) is 9.48 Å². The van der Waals surface area contributed by atoms with Crippen molar-refractivity contribution in [2.75, 3.05) is 18.5 Å². The minimum atomic E-state index is -3.99. The average Bonchev–Trinajstić information content (AvgIpc) is 3.34. The number of benzene rings is 2. The van der Waals surface area contributed by atoms with Gasteiger partial charge in [-0.25, -0.2) is 9.59 Å². The summed E-state index contributed by atoms with van der Waals surface area (Å²) in [5, 5.41) is 16.4. The van der Waals surface area contributed by atoms with Gasteiger partial charge in [0.15, 0.2) is 5.82 Å². The Balaban J connectivity index is 1.33. The fraction of sp³-hybridized carbons (Fsp3) is 0.217. The number of alkyl halides is 2. The van der Waals surface area contributed by atoms with Gasteiger partial charge in [0, 0.05) is 19.0 Å². The number of halogens is 2. The Bertz CT molecular complexity index is 1230. The van der Waals surface area contributed by atoms with Crippen LogP contribution >= 0.6 is 0 Å². The van der Waals surface area contributed by atoms with E-state index in [0.717, 1.165) is 33.0 Å². The SMILES string of the molecule is Cn1nc(NC(=O)C(F)(F)CNC(=O)OCC2c3ccccc3-c3ccccc32)cc1C(=O)O. The van der Waals surface area contributed by atoms with Crippen molar-refractivity contribution in [2.45, 2.75) is 11.8 Å². The summed E-state index contributed by atoms with van der Waals surface area (Å²) < 4.78 is 34.6. The quantitative estimate of drug-likeness (QED) is 0.487. The summed E-state index contributed by atoms with van der Waals surface area (Å²) in [5.41, 5.74) is 3.69. The number of amides is 2. The molecule has 0 radical (unpaired) electrons. The molecule has 34 heavy (non-hydrogen) atoms. The number of nitrogens with one attached hydrogen (secondary N) is 2. The molecule has 1 heterocycles. The number of aromatic carboxylic acids is 1. The number of alkyl carbamates (subject to hydrolysis) is 1. The van der Waals surface area contributed by atoms with Crippen LogP contribution in [0, 0.1) is 0 Å². The van der Waals surface area contributed by atoms with Gasteiger partial charge in [0.05, 0.1) is 6.54 Å². The highest BCUT2D eigenvalue weighted by molar-refractivity contribution is 5.97. The standard InChI is InChI=1S/C23H20F2N4O5/c1-29-18(20(30)31)10-19(28-29)27-21(32)23(24,25)12-26-22(33)34-11-17-15-8-4-2-6-13(15)14-7-3-5-9-16(14)17/h2-10,17H,11-12H2,1H3,(H,26,33)(H,30,31)(H,27,28,32). The molecular weight excluding hydrogens is 450 g/mol. The number of anilines is 1. The molecular formula is C23H20F2N4O5. The Hall–Kier alpha value is -4.28. The van der Waals surface area contributed by atoms with Gasteiger partial charge in [0.2, 0.25) is 0 Å². The molecule has 0 saturated heterocycles. The Morgan fingerprint density at radius 1 is 1.09 bits per heavy atom. The third kappa shape index (κ3) is 4.45. The van der Waals surface area contributed by atoms with E-state index in [1.807, 2.05) is 59.2 Å². The second kappa shape index (κ2) is 8.93. The Kier molecular flexibility index (Phi) is 6.01. The van der Waals surface area contributed by atoms with Gasteiger partial charge in [-0.2, -0.15) is 13.9 Å². The molecule has 9 nitrogen and oxygen atoms in total. The average molecular weight is 470 g/mol. The summed E-state index contributed by atoms with van der Waals surface area (Å²) in [6.07, 6.45) is -1.10. The normalized spacial score (nSPS) is 12.6. The number of nitrogens with zero attached hydrogens (tertiary/aromatic N) is 2. The molecule has 0 unspecified atom stereocenters. The molecule has 1 aliphatic rings. The Labute approximate surface area is 192 Å². The van der Waals surface area contributed by atoms with Crippen LogP contribution in [-0.4, -0.2) is 51.9 Å². The molecule has 11 heteroatoms. The molecule has 4 rings (SSSR count). The van der Waals surface area contributed by atoms with Crippen molar-refractivity contribution in [1.29, 1.82) is 0 Å². The molecule has 0 aliphatic heterocycles. The summed E-state index contributed by atoms with van der Waals surface area (Å²) in [6, 6.07) is 16.3. The van der Waals surface area contributed by atoms with Gasteiger partial charge in [0.25, 0.3) is 5.91 Å². The van der Waals surface area contributed by atoms with Crippen molar-refractivity contribution >= 4 is 23.8 Å². The van der Waals surface area contributed by atoms with Crippen molar-refractivity contribution < 1.29 is 33.0 Å². The Morgan fingerprint density at radius 2 is 1.68 bits per heavy atom. The number of hydrogen-bond donors (Lipinski definition) is 3. The smallest absolute Gasteiger partial charge is 0.407 e. The molecule has 2 aromatic carbocycles. The lowest BCUT2D eigenvalue weighted by molar-refractivity contribution is -0.138. The van der Waals surface area contributed by atoms with Crippen molar-refractivity contribution in [3.05, 3.63) is 71.4 Å². The maximum absolute atomic E-state index is 14.2. The number of carboxylic acids is 1. The van der Waals surface area contributed by atoms with E-state index in [-0.39, 0.29) is 24.0 Å². The molecule has 1 aliphatic carbocycles. The highest BCUT2D eigenvalue weighted by Crippen LogP contribution is 2.44. The van der Waals surface area contributed by atoms with Crippen molar-refractivity contribution in [2.24, 2.45) is 7.05 Å². The second-order valence-electron chi connectivity index (χ2n) is 7.68. The van der Waals surface area contributed by atoms with E-state index in [2.05, 4.69) is 5.10 Å². The predicted molar refractivity (Wildman–Crippen MR) is 117 cm³/mol. The van der Waals surface area contributed by atoms with Crippen LogP contribution in [0.15, 0.2) is 54.6 Å². The molecule has 0 atom stereocenters. The number of carbonyl (C=O) groups is 3. The van der Waals surface area contributed by atoms with E-state index < -0.39 is 30.4 Å². The predicted octanol–water partition coefficient (Wildman–Crippen LogP) is 3.23. The number of rotatable bonds is 7. The van der Waals surface area contributed by atoms with Crippen LogP contribution in [0.5, 0.6) is 0 Å². The third-order valence-electron chi connectivity index (χ3n) is 5.47. The summed E-state index contributed by atoms with van der Waals surface area (Å²) in [6.45, 7) is -1.38. The maximum Gasteiger partial charge on any atom is 0.407 e. The molecule has 0 bridgehead atoms. The van der Waals surface area contributed by atoms with Crippen LogP contribution in [0.3, 0.4) is 0 Å². The van der Waals surface area contributed by atoms with Crippen molar-refractivity contribution in [3.8, 4) is 11.1 Å². The van der Waals surface area contributed by atoms with Gasteiger partial charge in [0.1, 0.15) is 12.3 Å². The molecule has 0 spiro atoms. The van der Waals surface area contributed by atoms with Gasteiger partial charge >= 0.3 is 18.0 Å². The number of aromatic nitrogens is 2. The lowest BCUT2D eigenvalue weighted by Crippen LogP contribution is -2.45. The number of hydrogen-bond acceptors (Lipinski definition) is 5. The molecule has 0 fully saturated rings. The fourth-order valence-electron chi connectivity index (χ4n) is 3.85. The van der Waals surface area contributed by atoms with Gasteiger partial charge in [-0.05, 0) is 22.3 Å². The van der Waals surface area contributed by atoms with Gasteiger partial charge in [-0.15, -0.1) is 0 Å². The fourth-order valence-corrected chi connectivity index (χ4v) is 3.85. The zero-order chi connectivity index (χ0) is 24.5. The minimum absolute atomic E-state index is 0.0659. The molecule has 0 saturated carbocycles. The molecule has 3 aromatic rings. The van der Waals surface area contributed by atoms with E-state index in [1.54, 1.807) is 0 Å². The number of fused-ring (bicyclic) bond motifs is 3. The van der Waals surface area contributed by atoms with Gasteiger partial charge < -0.3 is 20.5 Å². The zero-order valence-electron chi connectivity index (χ0n) is 17.9. The van der Waals surface area contributed by atoms with E-state index >= 15 is 0 Å². The molecule has 2 amide bonds. The van der Waals surface area contributed by atoms with Crippen molar-refractivity contribution in [1.82, 2.24) is 15.1 Å². The van der Waals surface area contributed by atoms with E-state index in [9.17, 15) is 23.2 Å². The second-order valence-corrected chi connectivity index (χ2v) is 7.68. The zero-order valence-corrected chi connectivity index (χ0v) is 17.9. The molecule has 1 aromatic heterocycles. The van der Waals surface area contributed by atoms with Crippen LogP contribution in [-0.2, 0) is 16.6 Å². The first-order valence-electron chi connectivity index (χ1n) is 10.2. The van der Waals surface area contributed by atoms with Crippen LogP contribution < -0.4 is 10.6 Å². The summed E-state index contributed by atoms with van der Waals surface area (Å²) in [4.78, 5) is 35.0. The number of ether oxygens (including phenoxy) is 1. The molecule has 3 N–H and O–H groups in total. The first kappa shape index (κ1) is 22.9. The largest absolute Gasteiger partial charge is 0.477 e. The highest BCUT2D eigenvalue weighted by Gasteiger charge is 2.40. The lowest BCUT2D eigenvalue weighted by Gasteiger charge is -2.17. The van der Waals surface area contributed by atoms with Crippen LogP contribution in [0.4, 0.5) is 19.4 Å². The van der Waals surface area contributed by atoms with E-state index in [0.29, 0.717) is 0 Å².